The lowest BCUT2D eigenvalue weighted by molar-refractivity contribution is 0.0526. The topological polar surface area (TPSA) is 93.5 Å². The van der Waals surface area contributed by atoms with Crippen LogP contribution < -0.4 is 16.4 Å². The molecule has 6 nitrogen and oxygen atoms in total. The fourth-order valence-corrected chi connectivity index (χ4v) is 1.27. The molecule has 4 N–H and O–H groups in total. The Morgan fingerprint density at radius 2 is 1.95 bits per heavy atom. The minimum Gasteiger partial charge on any atom is -0.462 e. The molecule has 0 heterocycles. The zero-order chi connectivity index (χ0) is 14.3. The van der Waals surface area contributed by atoms with E-state index in [9.17, 15) is 9.59 Å². The lowest BCUT2D eigenvalue weighted by Crippen LogP contribution is -2.31. The largest absolute Gasteiger partial charge is 0.462 e. The highest BCUT2D eigenvalue weighted by molar-refractivity contribution is 5.92. The maximum atomic E-state index is 11.4. The van der Waals surface area contributed by atoms with Crippen molar-refractivity contribution in [2.24, 2.45) is 5.73 Å². The van der Waals surface area contributed by atoms with E-state index in [0.717, 1.165) is 0 Å². The van der Waals surface area contributed by atoms with Crippen LogP contribution in [0.4, 0.5) is 10.5 Å². The zero-order valence-corrected chi connectivity index (χ0v) is 10.7. The Balaban J connectivity index is 2.54. The molecule has 0 aliphatic heterocycles. The van der Waals surface area contributed by atoms with Crippen molar-refractivity contribution in [2.75, 3.05) is 18.5 Å². The molecule has 0 fully saturated rings. The van der Waals surface area contributed by atoms with E-state index in [0.29, 0.717) is 23.6 Å². The lowest BCUT2D eigenvalue weighted by atomic mass is 10.2. The third kappa shape index (κ3) is 5.12. The van der Waals surface area contributed by atoms with E-state index < -0.39 is 12.0 Å². The normalized spacial score (nSPS) is 9.53. The summed E-state index contributed by atoms with van der Waals surface area (Å²) in [7, 11) is 0. The molecule has 1 aromatic rings. The van der Waals surface area contributed by atoms with Crippen LogP contribution in [0.3, 0.4) is 0 Å². The van der Waals surface area contributed by atoms with E-state index in [2.05, 4.69) is 17.2 Å². The van der Waals surface area contributed by atoms with E-state index in [1.165, 1.54) is 0 Å². The van der Waals surface area contributed by atoms with Gasteiger partial charge in [0.25, 0.3) is 0 Å². The molecule has 0 atom stereocenters. The molecule has 2 amide bonds. The van der Waals surface area contributed by atoms with Crippen LogP contribution in [0.2, 0.25) is 0 Å². The molecular weight excluding hydrogens is 246 g/mol. The second-order valence-electron chi connectivity index (χ2n) is 3.76. The Kier molecular flexibility index (Phi) is 5.40. The number of benzene rings is 1. The third-order valence-corrected chi connectivity index (χ3v) is 2.13. The predicted octanol–water partition coefficient (Wildman–Crippen LogP) is 1.46. The molecule has 0 aliphatic rings. The molecule has 102 valence electrons. The number of hydrogen-bond acceptors (Lipinski definition) is 4. The summed E-state index contributed by atoms with van der Waals surface area (Å²) in [6.45, 7) is 5.73. The summed E-state index contributed by atoms with van der Waals surface area (Å²) in [5.41, 5.74) is 6.69. The van der Waals surface area contributed by atoms with Gasteiger partial charge in [-0.1, -0.05) is 6.58 Å². The van der Waals surface area contributed by atoms with Gasteiger partial charge in [-0.15, -0.1) is 0 Å². The molecule has 0 bridgehead atoms. The van der Waals surface area contributed by atoms with Crippen LogP contribution in [-0.4, -0.2) is 25.2 Å². The minimum absolute atomic E-state index is 0.201. The molecule has 6 heteroatoms. The molecule has 0 aromatic heterocycles. The fraction of sp³-hybridized carbons (Fsp3) is 0.231. The Bertz CT molecular complexity index is 469. The van der Waals surface area contributed by atoms with Crippen molar-refractivity contribution in [2.45, 2.75) is 6.92 Å². The lowest BCUT2D eigenvalue weighted by Gasteiger charge is -2.08. The first kappa shape index (κ1) is 14.6. The van der Waals surface area contributed by atoms with Gasteiger partial charge in [0.1, 0.15) is 0 Å². The van der Waals surface area contributed by atoms with Crippen molar-refractivity contribution in [1.82, 2.24) is 5.32 Å². The number of hydrogen-bond donors (Lipinski definition) is 3. The highest BCUT2D eigenvalue weighted by Crippen LogP contribution is 2.10. The van der Waals surface area contributed by atoms with Crippen molar-refractivity contribution in [3.8, 4) is 0 Å². The number of amides is 2. The van der Waals surface area contributed by atoms with Gasteiger partial charge in [0, 0.05) is 11.4 Å². The van der Waals surface area contributed by atoms with Crippen molar-refractivity contribution >= 4 is 17.7 Å². The number of nitrogens with one attached hydrogen (secondary N) is 2. The summed E-state index contributed by atoms with van der Waals surface area (Å²) in [6, 6.07) is 5.99. The Labute approximate surface area is 111 Å². The summed E-state index contributed by atoms with van der Waals surface area (Å²) in [6.07, 6.45) is 0. The van der Waals surface area contributed by atoms with Gasteiger partial charge in [-0.05, 0) is 31.2 Å². The molecule has 0 unspecified atom stereocenters. The summed E-state index contributed by atoms with van der Waals surface area (Å²) in [5, 5.41) is 5.12. The number of anilines is 1. The maximum Gasteiger partial charge on any atom is 0.338 e. The molecule has 1 rings (SSSR count). The predicted molar refractivity (Wildman–Crippen MR) is 72.7 cm³/mol. The van der Waals surface area contributed by atoms with Gasteiger partial charge in [-0.3, -0.25) is 0 Å². The number of carbonyl (C=O) groups is 2. The average molecular weight is 263 g/mol. The van der Waals surface area contributed by atoms with E-state index in [1.807, 2.05) is 0 Å². The monoisotopic (exact) mass is 263 g/mol. The van der Waals surface area contributed by atoms with E-state index in [1.54, 1.807) is 31.2 Å². The van der Waals surface area contributed by atoms with E-state index in [-0.39, 0.29) is 6.54 Å². The number of nitrogens with two attached hydrogens (primary N) is 1. The molecule has 0 saturated carbocycles. The van der Waals surface area contributed by atoms with Crippen LogP contribution in [-0.2, 0) is 4.74 Å². The maximum absolute atomic E-state index is 11.4. The van der Waals surface area contributed by atoms with Crippen LogP contribution in [0, 0.1) is 0 Å². The quantitative estimate of drug-likeness (QED) is 0.701. The molecule has 0 spiro atoms. The Hall–Kier alpha value is -2.50. The number of urea groups is 1. The first-order chi connectivity index (χ1) is 9.02. The van der Waals surface area contributed by atoms with E-state index in [4.69, 9.17) is 10.5 Å². The second-order valence-corrected chi connectivity index (χ2v) is 3.76. The van der Waals surface area contributed by atoms with Crippen LogP contribution in [0.5, 0.6) is 0 Å². The number of rotatable bonds is 5. The van der Waals surface area contributed by atoms with Crippen molar-refractivity contribution in [1.29, 1.82) is 0 Å². The third-order valence-electron chi connectivity index (χ3n) is 2.13. The highest BCUT2D eigenvalue weighted by atomic mass is 16.5. The van der Waals surface area contributed by atoms with Gasteiger partial charge >= 0.3 is 12.0 Å². The van der Waals surface area contributed by atoms with Crippen LogP contribution in [0.25, 0.3) is 0 Å². The van der Waals surface area contributed by atoms with Crippen molar-refractivity contribution in [3.05, 3.63) is 42.1 Å². The molecule has 1 aromatic carbocycles. The van der Waals surface area contributed by atoms with Gasteiger partial charge in [0.05, 0.1) is 18.7 Å². The number of esters is 1. The molecule has 0 radical (unpaired) electrons. The molecule has 19 heavy (non-hydrogen) atoms. The van der Waals surface area contributed by atoms with Gasteiger partial charge in [0.2, 0.25) is 0 Å². The zero-order valence-electron chi connectivity index (χ0n) is 10.7. The molecule has 0 aliphatic carbocycles. The number of ether oxygens (including phenoxy) is 1. The molecular formula is C13H17N3O3. The summed E-state index contributed by atoms with van der Waals surface area (Å²) < 4.78 is 4.85. The summed E-state index contributed by atoms with van der Waals surface area (Å²) >= 11 is 0. The van der Waals surface area contributed by atoms with Crippen LogP contribution >= 0.6 is 0 Å². The Morgan fingerprint density at radius 1 is 1.32 bits per heavy atom. The van der Waals surface area contributed by atoms with Crippen molar-refractivity contribution in [3.63, 3.8) is 0 Å². The second kappa shape index (κ2) is 7.05. The molecule has 0 saturated heterocycles. The van der Waals surface area contributed by atoms with Gasteiger partial charge in [-0.25, -0.2) is 9.59 Å². The summed E-state index contributed by atoms with van der Waals surface area (Å²) in [5.74, 6) is -0.391. The fourth-order valence-electron chi connectivity index (χ4n) is 1.27. The van der Waals surface area contributed by atoms with Crippen LogP contribution in [0.15, 0.2) is 36.5 Å². The van der Waals surface area contributed by atoms with Gasteiger partial charge in [0.15, 0.2) is 0 Å². The SMILES string of the molecule is C=C(N)CNC(=O)Nc1ccc(C(=O)OCC)cc1. The van der Waals surface area contributed by atoms with Crippen molar-refractivity contribution < 1.29 is 14.3 Å². The number of carbonyl (C=O) groups excluding carboxylic acids is 2. The van der Waals surface area contributed by atoms with Gasteiger partial charge < -0.3 is 21.1 Å². The first-order valence-electron chi connectivity index (χ1n) is 5.78. The summed E-state index contributed by atoms with van der Waals surface area (Å²) in [4.78, 5) is 22.8. The smallest absolute Gasteiger partial charge is 0.338 e. The van der Waals surface area contributed by atoms with Gasteiger partial charge in [-0.2, -0.15) is 0 Å². The standard InChI is InChI=1S/C13H17N3O3/c1-3-19-12(17)10-4-6-11(7-5-10)16-13(18)15-8-9(2)14/h4-7H,2-3,8,14H2,1H3,(H2,15,16,18). The highest BCUT2D eigenvalue weighted by Gasteiger charge is 2.06. The first-order valence-corrected chi connectivity index (χ1v) is 5.78. The van der Waals surface area contributed by atoms with E-state index >= 15 is 0 Å². The Morgan fingerprint density at radius 3 is 2.47 bits per heavy atom. The minimum atomic E-state index is -0.393. The average Bonchev–Trinajstić information content (AvgIpc) is 2.37. The van der Waals surface area contributed by atoms with Crippen LogP contribution in [0.1, 0.15) is 17.3 Å².